The van der Waals surface area contributed by atoms with E-state index in [4.69, 9.17) is 40.5 Å². The summed E-state index contributed by atoms with van der Waals surface area (Å²) < 4.78 is 0. The number of hydrogen-bond donors (Lipinski definition) is 1. The van der Waals surface area contributed by atoms with Crippen LogP contribution in [0.2, 0.25) is 10.0 Å². The molecule has 0 unspecified atom stereocenters. The molecule has 1 aliphatic rings. The third-order valence-electron chi connectivity index (χ3n) is 4.78. The van der Waals surface area contributed by atoms with Crippen LogP contribution in [0.15, 0.2) is 30.4 Å². The Morgan fingerprint density at radius 2 is 1.96 bits per heavy atom. The number of carbonyl (C=O) groups is 1. The molecule has 136 valence electrons. The molecule has 0 aliphatic heterocycles. The number of carboxylic acid groups (broad SMARTS) is 1. The minimum Gasteiger partial charge on any atom is -0.481 e. The summed E-state index contributed by atoms with van der Waals surface area (Å²) in [5, 5.41) is 10.00. The zero-order valence-corrected chi connectivity index (χ0v) is 16.5. The number of allylic oxidation sites excluding steroid dienone is 2. The Bertz CT molecular complexity index is 622. The lowest BCUT2D eigenvalue weighted by molar-refractivity contribution is -0.137. The van der Waals surface area contributed by atoms with Gasteiger partial charge in [-0.05, 0) is 85.4 Å². The van der Waals surface area contributed by atoms with Gasteiger partial charge < -0.3 is 5.11 Å². The predicted molar refractivity (Wildman–Crippen MR) is 109 cm³/mol. The second-order valence-electron chi connectivity index (χ2n) is 6.68. The fourth-order valence-electron chi connectivity index (χ4n) is 3.49. The predicted octanol–water partition coefficient (Wildman–Crippen LogP) is 6.52. The summed E-state index contributed by atoms with van der Waals surface area (Å²) in [6.07, 6.45) is 11.3. The van der Waals surface area contributed by atoms with Crippen LogP contribution in [0.3, 0.4) is 0 Å². The van der Waals surface area contributed by atoms with Gasteiger partial charge in [0.1, 0.15) is 0 Å². The molecule has 0 aromatic heterocycles. The van der Waals surface area contributed by atoms with E-state index in [1.165, 1.54) is 4.86 Å². The molecule has 0 bridgehead atoms. The van der Waals surface area contributed by atoms with Gasteiger partial charge in [-0.2, -0.15) is 0 Å². The molecule has 2 rings (SSSR count). The first-order valence-electron chi connectivity index (χ1n) is 8.80. The number of benzene rings is 1. The van der Waals surface area contributed by atoms with Gasteiger partial charge in [-0.25, -0.2) is 0 Å². The summed E-state index contributed by atoms with van der Waals surface area (Å²) in [6, 6.07) is 5.70. The van der Waals surface area contributed by atoms with E-state index in [2.05, 4.69) is 12.2 Å². The third-order valence-corrected chi connectivity index (χ3v) is 5.72. The van der Waals surface area contributed by atoms with Gasteiger partial charge in [0.2, 0.25) is 0 Å². The van der Waals surface area contributed by atoms with Crippen LogP contribution in [0, 0.1) is 11.8 Å². The van der Waals surface area contributed by atoms with Gasteiger partial charge >= 0.3 is 5.97 Å². The average molecular weight is 399 g/mol. The molecule has 1 aromatic carbocycles. The van der Waals surface area contributed by atoms with E-state index in [0.717, 1.165) is 44.1 Å². The van der Waals surface area contributed by atoms with Gasteiger partial charge in [-0.1, -0.05) is 47.6 Å². The summed E-state index contributed by atoms with van der Waals surface area (Å²) in [4.78, 5) is 11.7. The number of halogens is 2. The maximum absolute atomic E-state index is 10.5. The number of aliphatic carboxylic acids is 1. The summed E-state index contributed by atoms with van der Waals surface area (Å²) in [7, 11) is 0. The van der Waals surface area contributed by atoms with E-state index in [9.17, 15) is 4.79 Å². The fraction of sp³-hybridized carbons (Fsp3) is 0.500. The molecule has 0 amide bonds. The average Bonchev–Trinajstić information content (AvgIpc) is 2.87. The van der Waals surface area contributed by atoms with Crippen molar-refractivity contribution < 1.29 is 9.90 Å². The highest BCUT2D eigenvalue weighted by Crippen LogP contribution is 2.36. The Morgan fingerprint density at radius 3 is 2.64 bits per heavy atom. The maximum Gasteiger partial charge on any atom is 0.303 e. The zero-order chi connectivity index (χ0) is 18.2. The Labute approximate surface area is 165 Å². The summed E-state index contributed by atoms with van der Waals surface area (Å²) in [5.74, 6) is 0.338. The van der Waals surface area contributed by atoms with Crippen molar-refractivity contribution in [3.8, 4) is 0 Å². The number of thiocarbonyl (C=S) groups is 1. The SMILES string of the molecule is O=C(O)CCCC=CC[C@H]1CCC(=S)[C@@H]1CCc1cc(Cl)cc(Cl)c1. The van der Waals surface area contributed by atoms with Gasteiger partial charge in [-0.15, -0.1) is 0 Å². The van der Waals surface area contributed by atoms with Crippen LogP contribution >= 0.6 is 35.4 Å². The quantitative estimate of drug-likeness (QED) is 0.292. The molecule has 5 heteroatoms. The Balaban J connectivity index is 1.82. The molecule has 1 saturated carbocycles. The zero-order valence-electron chi connectivity index (χ0n) is 14.2. The summed E-state index contributed by atoms with van der Waals surface area (Å²) in [6.45, 7) is 0. The van der Waals surface area contributed by atoms with Crippen molar-refractivity contribution in [3.63, 3.8) is 0 Å². The monoisotopic (exact) mass is 398 g/mol. The molecule has 0 saturated heterocycles. The molecular formula is C20H24Cl2O2S. The van der Waals surface area contributed by atoms with Crippen LogP contribution in [0.1, 0.15) is 50.5 Å². The van der Waals surface area contributed by atoms with Crippen molar-refractivity contribution in [1.29, 1.82) is 0 Å². The van der Waals surface area contributed by atoms with Crippen molar-refractivity contribution in [3.05, 3.63) is 46.0 Å². The van der Waals surface area contributed by atoms with Crippen molar-refractivity contribution in [1.82, 2.24) is 0 Å². The molecule has 1 N–H and O–H groups in total. The van der Waals surface area contributed by atoms with E-state index < -0.39 is 5.97 Å². The van der Waals surface area contributed by atoms with Gasteiger partial charge in [0, 0.05) is 16.5 Å². The molecule has 0 heterocycles. The van der Waals surface area contributed by atoms with Crippen molar-refractivity contribution in [2.24, 2.45) is 11.8 Å². The second kappa shape index (κ2) is 10.3. The summed E-state index contributed by atoms with van der Waals surface area (Å²) >= 11 is 17.7. The highest BCUT2D eigenvalue weighted by molar-refractivity contribution is 7.80. The van der Waals surface area contributed by atoms with E-state index in [1.807, 2.05) is 12.1 Å². The number of unbranched alkanes of at least 4 members (excludes halogenated alkanes) is 1. The van der Waals surface area contributed by atoms with E-state index in [1.54, 1.807) is 6.07 Å². The lowest BCUT2D eigenvalue weighted by Crippen LogP contribution is -2.14. The molecule has 1 aliphatic carbocycles. The van der Waals surface area contributed by atoms with Crippen molar-refractivity contribution in [2.45, 2.75) is 51.4 Å². The van der Waals surface area contributed by atoms with Gasteiger partial charge in [0.25, 0.3) is 0 Å². The topological polar surface area (TPSA) is 37.3 Å². The van der Waals surface area contributed by atoms with Crippen molar-refractivity contribution in [2.75, 3.05) is 0 Å². The third kappa shape index (κ3) is 7.08. The largest absolute Gasteiger partial charge is 0.481 e. The fourth-order valence-corrected chi connectivity index (χ4v) is 4.49. The first-order chi connectivity index (χ1) is 12.0. The maximum atomic E-state index is 10.5. The lowest BCUT2D eigenvalue weighted by Gasteiger charge is -2.18. The second-order valence-corrected chi connectivity index (χ2v) is 8.08. The number of aryl methyl sites for hydroxylation is 1. The van der Waals surface area contributed by atoms with E-state index in [0.29, 0.717) is 28.3 Å². The minimum absolute atomic E-state index is 0.239. The van der Waals surface area contributed by atoms with Gasteiger partial charge in [-0.3, -0.25) is 4.79 Å². The normalized spacial score (nSPS) is 20.5. The Hall–Kier alpha value is -0.900. The molecule has 0 radical (unpaired) electrons. The minimum atomic E-state index is -0.726. The molecule has 1 fully saturated rings. The molecule has 2 nitrogen and oxygen atoms in total. The molecule has 0 spiro atoms. The lowest BCUT2D eigenvalue weighted by atomic mass is 9.87. The highest BCUT2D eigenvalue weighted by Gasteiger charge is 2.30. The van der Waals surface area contributed by atoms with Gasteiger partial charge in [0.05, 0.1) is 0 Å². The first-order valence-corrected chi connectivity index (χ1v) is 9.96. The van der Waals surface area contributed by atoms with Crippen LogP contribution in [0.25, 0.3) is 0 Å². The first kappa shape index (κ1) is 20.4. The number of hydrogen-bond acceptors (Lipinski definition) is 2. The smallest absolute Gasteiger partial charge is 0.303 e. The van der Waals surface area contributed by atoms with Crippen LogP contribution in [-0.2, 0) is 11.2 Å². The standard InChI is InChI=1S/C20H24Cl2O2S/c21-16-11-14(12-17(22)13-16)7-9-18-15(8-10-19(18)25)5-3-1-2-4-6-20(23)24/h1,3,11-13,15,18H,2,4-10H2,(H,23,24)/t15-,18+/m0/s1. The molecule has 2 atom stereocenters. The Kier molecular flexibility index (Phi) is 8.41. The van der Waals surface area contributed by atoms with Crippen LogP contribution in [-0.4, -0.2) is 15.9 Å². The van der Waals surface area contributed by atoms with Crippen LogP contribution in [0.5, 0.6) is 0 Å². The van der Waals surface area contributed by atoms with Crippen molar-refractivity contribution >= 4 is 46.3 Å². The molecule has 25 heavy (non-hydrogen) atoms. The number of carboxylic acids is 1. The Morgan fingerprint density at radius 1 is 1.24 bits per heavy atom. The summed E-state index contributed by atoms with van der Waals surface area (Å²) in [5.41, 5.74) is 1.16. The van der Waals surface area contributed by atoms with Crippen LogP contribution in [0.4, 0.5) is 0 Å². The molecule has 1 aromatic rings. The highest BCUT2D eigenvalue weighted by atomic mass is 35.5. The molecular weight excluding hydrogens is 375 g/mol. The number of rotatable bonds is 9. The van der Waals surface area contributed by atoms with E-state index >= 15 is 0 Å². The van der Waals surface area contributed by atoms with Gasteiger partial charge in [0.15, 0.2) is 0 Å². The van der Waals surface area contributed by atoms with E-state index in [-0.39, 0.29) is 6.42 Å². The van der Waals surface area contributed by atoms with Crippen LogP contribution < -0.4 is 0 Å².